The van der Waals surface area contributed by atoms with Crippen molar-refractivity contribution in [3.05, 3.63) is 0 Å². The molecule has 28 heavy (non-hydrogen) atoms. The zero-order valence-electron chi connectivity index (χ0n) is 17.8. The zero-order chi connectivity index (χ0) is 21.0. The average molecular weight is 422 g/mol. The van der Waals surface area contributed by atoms with Gasteiger partial charge in [0.1, 0.15) is 12.2 Å². The second-order valence-corrected chi connectivity index (χ2v) is 8.07. The van der Waals surface area contributed by atoms with E-state index in [1.165, 1.54) is 0 Å². The summed E-state index contributed by atoms with van der Waals surface area (Å²) in [5, 5.41) is 0. The summed E-state index contributed by atoms with van der Waals surface area (Å²) in [6, 6.07) is 0. The maximum Gasteiger partial charge on any atom is 0.337 e. The molecule has 5 unspecified atom stereocenters. The SMILES string of the molecule is COCC1O[C@@H](OC)[C@H](C)C(O[C@@H]2OC(C(=O)OP)[C@H](C)[C@H](C)C2C)[C@H]1OC. The van der Waals surface area contributed by atoms with E-state index in [0.29, 0.717) is 6.61 Å². The molecular weight excluding hydrogens is 387 g/mol. The third-order valence-electron chi connectivity index (χ3n) is 6.27. The molecule has 0 aliphatic carbocycles. The van der Waals surface area contributed by atoms with E-state index >= 15 is 0 Å². The highest BCUT2D eigenvalue weighted by molar-refractivity contribution is 7.10. The molecule has 8 nitrogen and oxygen atoms in total. The second kappa shape index (κ2) is 10.6. The molecule has 2 aliphatic heterocycles. The minimum atomic E-state index is -0.683. The molecule has 0 N–H and O–H groups in total. The maximum absolute atomic E-state index is 12.2. The van der Waals surface area contributed by atoms with Crippen molar-refractivity contribution in [1.82, 2.24) is 0 Å². The summed E-state index contributed by atoms with van der Waals surface area (Å²) in [6.45, 7) is 8.50. The van der Waals surface area contributed by atoms with Gasteiger partial charge >= 0.3 is 5.97 Å². The van der Waals surface area contributed by atoms with Crippen LogP contribution in [0.5, 0.6) is 0 Å². The lowest BCUT2D eigenvalue weighted by Crippen LogP contribution is -2.59. The lowest BCUT2D eigenvalue weighted by Gasteiger charge is -2.48. The topological polar surface area (TPSA) is 81.7 Å². The van der Waals surface area contributed by atoms with E-state index in [1.807, 2.05) is 23.3 Å². The van der Waals surface area contributed by atoms with Crippen LogP contribution in [0.25, 0.3) is 0 Å². The molecule has 0 aromatic heterocycles. The molecule has 0 amide bonds. The monoisotopic (exact) mass is 422 g/mol. The molecule has 11 atom stereocenters. The first-order valence-corrected chi connectivity index (χ1v) is 10.2. The van der Waals surface area contributed by atoms with Gasteiger partial charge in [-0.2, -0.15) is 0 Å². The summed E-state index contributed by atoms with van der Waals surface area (Å²) in [7, 11) is 6.83. The Balaban J connectivity index is 2.23. The quantitative estimate of drug-likeness (QED) is 0.577. The van der Waals surface area contributed by atoms with Gasteiger partial charge in [0.25, 0.3) is 0 Å². The van der Waals surface area contributed by atoms with Gasteiger partial charge in [-0.15, -0.1) is 0 Å². The molecule has 2 aliphatic rings. The molecule has 2 heterocycles. The molecule has 0 aromatic rings. The number of carbonyl (C=O) groups is 1. The highest BCUT2D eigenvalue weighted by atomic mass is 31.0. The predicted octanol–water partition coefficient (Wildman–Crippen LogP) is 2.01. The minimum Gasteiger partial charge on any atom is -0.450 e. The highest BCUT2D eigenvalue weighted by Crippen LogP contribution is 2.39. The van der Waals surface area contributed by atoms with E-state index in [4.69, 9.17) is 32.9 Å². The summed E-state index contributed by atoms with van der Waals surface area (Å²) in [6.07, 6.45) is -2.78. The lowest BCUT2D eigenvalue weighted by molar-refractivity contribution is -0.331. The summed E-state index contributed by atoms with van der Waals surface area (Å²) in [4.78, 5) is 12.2. The highest BCUT2D eigenvalue weighted by Gasteiger charge is 2.49. The molecule has 164 valence electrons. The van der Waals surface area contributed by atoms with Gasteiger partial charge in [0, 0.05) is 33.2 Å². The third-order valence-corrected chi connectivity index (χ3v) is 6.50. The summed E-state index contributed by atoms with van der Waals surface area (Å²) in [5.74, 6) is -0.225. The van der Waals surface area contributed by atoms with Crippen LogP contribution in [-0.4, -0.2) is 70.9 Å². The summed E-state index contributed by atoms with van der Waals surface area (Å²) in [5.41, 5.74) is 0. The number of methoxy groups -OCH3 is 3. The number of hydrogen-bond acceptors (Lipinski definition) is 8. The van der Waals surface area contributed by atoms with Gasteiger partial charge in [-0.3, -0.25) is 0 Å². The van der Waals surface area contributed by atoms with Gasteiger partial charge in [-0.25, -0.2) is 4.79 Å². The van der Waals surface area contributed by atoms with Crippen LogP contribution < -0.4 is 0 Å². The molecule has 0 saturated carbocycles. The Bertz CT molecular complexity index is 506. The second-order valence-electron chi connectivity index (χ2n) is 7.83. The number of rotatable bonds is 7. The Morgan fingerprint density at radius 2 is 1.54 bits per heavy atom. The molecule has 2 rings (SSSR count). The van der Waals surface area contributed by atoms with E-state index < -0.39 is 24.7 Å². The molecular formula is C19H35O8P. The fraction of sp³-hybridized carbons (Fsp3) is 0.947. The van der Waals surface area contributed by atoms with Crippen LogP contribution in [0.1, 0.15) is 27.7 Å². The van der Waals surface area contributed by atoms with Gasteiger partial charge in [0.15, 0.2) is 18.7 Å². The van der Waals surface area contributed by atoms with E-state index in [1.54, 1.807) is 21.3 Å². The van der Waals surface area contributed by atoms with Crippen LogP contribution in [0.4, 0.5) is 0 Å². The lowest BCUT2D eigenvalue weighted by atomic mass is 9.79. The normalized spacial score (nSPS) is 44.3. The van der Waals surface area contributed by atoms with E-state index in [9.17, 15) is 4.79 Å². The standard InChI is InChI=1S/C19H35O8P/c1-9-10(2)15(17(20)27-28)26-19(11(9)3)25-14-12(4)18(23-7)24-13(8-21-5)16(14)22-6/h9-16,18-19H,8,28H2,1-7H3/t9-,10+,11?,12+,13?,14?,15?,16-,18+,19+/m0/s1. The van der Waals surface area contributed by atoms with Crippen LogP contribution in [-0.2, 0) is 37.7 Å². The smallest absolute Gasteiger partial charge is 0.337 e. The molecule has 0 radical (unpaired) electrons. The molecule has 0 aromatic carbocycles. The van der Waals surface area contributed by atoms with Gasteiger partial charge in [0.2, 0.25) is 0 Å². The average Bonchev–Trinajstić information content (AvgIpc) is 2.69. The summed E-state index contributed by atoms with van der Waals surface area (Å²) >= 11 is 0. The Morgan fingerprint density at radius 1 is 0.857 bits per heavy atom. The van der Waals surface area contributed by atoms with Crippen molar-refractivity contribution in [1.29, 1.82) is 0 Å². The fourth-order valence-corrected chi connectivity index (χ4v) is 4.27. The van der Waals surface area contributed by atoms with Crippen molar-refractivity contribution < 1.29 is 37.7 Å². The van der Waals surface area contributed by atoms with Crippen LogP contribution in [0.2, 0.25) is 0 Å². The van der Waals surface area contributed by atoms with Crippen molar-refractivity contribution in [3.63, 3.8) is 0 Å². The summed E-state index contributed by atoms with van der Waals surface area (Å²) < 4.78 is 39.8. The zero-order valence-corrected chi connectivity index (χ0v) is 19.0. The molecule has 2 fully saturated rings. The largest absolute Gasteiger partial charge is 0.450 e. The Kier molecular flexibility index (Phi) is 9.08. The minimum absolute atomic E-state index is 0.0150. The number of carbonyl (C=O) groups excluding carboxylic acids is 1. The first-order chi connectivity index (χ1) is 13.3. The number of ether oxygens (including phenoxy) is 6. The van der Waals surface area contributed by atoms with E-state index in [0.717, 1.165) is 0 Å². The molecule has 0 spiro atoms. The van der Waals surface area contributed by atoms with Crippen molar-refractivity contribution in [2.24, 2.45) is 23.7 Å². The Hall–Kier alpha value is -0.340. The molecule has 2 saturated heterocycles. The van der Waals surface area contributed by atoms with Crippen molar-refractivity contribution >= 4 is 15.4 Å². The van der Waals surface area contributed by atoms with E-state index in [2.05, 4.69) is 13.8 Å². The Labute approximate surface area is 170 Å². The maximum atomic E-state index is 12.2. The fourth-order valence-electron chi connectivity index (χ4n) is 4.14. The van der Waals surface area contributed by atoms with Crippen LogP contribution in [0.3, 0.4) is 0 Å². The number of hydrogen-bond donors (Lipinski definition) is 0. The van der Waals surface area contributed by atoms with Crippen LogP contribution in [0.15, 0.2) is 0 Å². The van der Waals surface area contributed by atoms with Crippen molar-refractivity contribution in [3.8, 4) is 0 Å². The third kappa shape index (κ3) is 4.86. The van der Waals surface area contributed by atoms with Gasteiger partial charge < -0.3 is 32.9 Å². The first-order valence-electron chi connectivity index (χ1n) is 9.72. The predicted molar refractivity (Wildman–Crippen MR) is 104 cm³/mol. The van der Waals surface area contributed by atoms with Crippen molar-refractivity contribution in [2.75, 3.05) is 27.9 Å². The van der Waals surface area contributed by atoms with E-state index in [-0.39, 0.29) is 42.0 Å². The molecule has 0 bridgehead atoms. The van der Waals surface area contributed by atoms with Crippen LogP contribution >= 0.6 is 9.47 Å². The van der Waals surface area contributed by atoms with Gasteiger partial charge in [0.05, 0.1) is 22.2 Å². The van der Waals surface area contributed by atoms with Crippen LogP contribution in [0, 0.1) is 23.7 Å². The van der Waals surface area contributed by atoms with Crippen molar-refractivity contribution in [2.45, 2.75) is 64.7 Å². The van der Waals surface area contributed by atoms with Gasteiger partial charge in [-0.1, -0.05) is 27.7 Å². The van der Waals surface area contributed by atoms with Gasteiger partial charge in [-0.05, 0) is 11.8 Å². The first kappa shape index (κ1) is 23.9. The molecule has 9 heteroatoms. The Morgan fingerprint density at radius 3 is 2.07 bits per heavy atom.